The fourth-order valence-corrected chi connectivity index (χ4v) is 9.78. The van der Waals surface area contributed by atoms with Crippen LogP contribution in [0.1, 0.15) is 16.8 Å². The van der Waals surface area contributed by atoms with Gasteiger partial charge in [-0.25, -0.2) is 19.9 Å². The molecule has 0 saturated heterocycles. The molecule has 5 aromatic heterocycles. The van der Waals surface area contributed by atoms with Gasteiger partial charge in [-0.3, -0.25) is 13.7 Å². The number of benzene rings is 8. The van der Waals surface area contributed by atoms with Crippen LogP contribution in [-0.4, -0.2) is 33.6 Å². The molecule has 0 amide bonds. The van der Waals surface area contributed by atoms with E-state index >= 15 is 0 Å². The fraction of sp³-hybridized carbons (Fsp3) is 0.0508. The van der Waals surface area contributed by atoms with E-state index in [0.29, 0.717) is 11.6 Å². The van der Waals surface area contributed by atoms with Crippen LogP contribution in [0.2, 0.25) is 0 Å². The Labute approximate surface area is 381 Å². The van der Waals surface area contributed by atoms with Gasteiger partial charge in [0.25, 0.3) is 0 Å². The van der Waals surface area contributed by atoms with Gasteiger partial charge in [-0.1, -0.05) is 158 Å². The Kier molecular flexibility index (Phi) is 9.35. The number of fused-ring (bicyclic) bond motifs is 9. The number of hydrogen-bond donors (Lipinski definition) is 0. The number of nitrogens with zero attached hydrogens (tertiary/aromatic N) is 7. The summed E-state index contributed by atoms with van der Waals surface area (Å²) in [6, 6.07) is 72.0. The Morgan fingerprint density at radius 3 is 0.848 bits per heavy atom. The lowest BCUT2D eigenvalue weighted by atomic mass is 9.97. The van der Waals surface area contributed by atoms with Gasteiger partial charge in [-0.15, -0.1) is 0 Å². The molecular formula is C59H43N7. The molecule has 0 aliphatic rings. The van der Waals surface area contributed by atoms with Crippen LogP contribution >= 0.6 is 0 Å². The topological polar surface area (TPSA) is 66.3 Å². The van der Waals surface area contributed by atoms with E-state index in [-0.39, 0.29) is 0 Å². The summed E-state index contributed by atoms with van der Waals surface area (Å²) >= 11 is 0. The van der Waals surface area contributed by atoms with Crippen LogP contribution in [0.25, 0.3) is 106 Å². The monoisotopic (exact) mass is 849 g/mol. The number of aryl methyl sites for hydroxylation is 3. The van der Waals surface area contributed by atoms with Gasteiger partial charge in [0.15, 0.2) is 5.82 Å². The molecule has 0 fully saturated rings. The third kappa shape index (κ3) is 6.43. The highest BCUT2D eigenvalue weighted by Gasteiger charge is 2.21. The first kappa shape index (κ1) is 39.0. The number of para-hydroxylation sites is 6. The van der Waals surface area contributed by atoms with Crippen LogP contribution in [0.15, 0.2) is 206 Å². The molecule has 0 aliphatic carbocycles. The molecule has 0 unspecified atom stereocenters. The van der Waals surface area contributed by atoms with Crippen LogP contribution in [-0.2, 0) is 0 Å². The molecule has 7 heteroatoms. The highest BCUT2D eigenvalue weighted by Crippen LogP contribution is 2.36. The number of aromatic nitrogens is 7. The van der Waals surface area contributed by atoms with Gasteiger partial charge in [-0.2, -0.15) is 0 Å². The second kappa shape index (κ2) is 15.8. The van der Waals surface area contributed by atoms with Crippen LogP contribution < -0.4 is 0 Å². The van der Waals surface area contributed by atoms with Crippen molar-refractivity contribution >= 4 is 65.4 Å². The summed E-state index contributed by atoms with van der Waals surface area (Å²) in [5.74, 6) is 3.15. The minimum atomic E-state index is 0.446. The third-order valence-corrected chi connectivity index (χ3v) is 12.7. The van der Waals surface area contributed by atoms with E-state index in [4.69, 9.17) is 19.9 Å². The Morgan fingerprint density at radius 1 is 0.273 bits per heavy atom. The minimum absolute atomic E-state index is 0.446. The summed E-state index contributed by atoms with van der Waals surface area (Å²) in [6.07, 6.45) is 0. The smallest absolute Gasteiger partial charge is 0.201 e. The molecule has 7 nitrogen and oxygen atoms in total. The third-order valence-electron chi connectivity index (χ3n) is 12.7. The first-order chi connectivity index (χ1) is 32.5. The van der Waals surface area contributed by atoms with Gasteiger partial charge in [0.2, 0.25) is 5.82 Å². The standard InChI is InChI=1S/C45H29N7.C14H14/c1-28-26-41(50-35-20-8-2-14-29(35)30-15-3-9-21-36(30)50)47-44(46-28)45-48-42(51-37-22-10-4-16-31(37)32-17-5-11-23-38(32)51)27-43(49-45)52-39-24-12-6-18-33(39)34-19-7-13-25-40(34)52;1-11-7-3-5-9-13(11)14-10-6-4-8-12(14)2/h2-27H,1H3;3-10H,1-2H3. The molecule has 13 rings (SSSR count). The largest absolute Gasteiger partial charge is 0.294 e. The van der Waals surface area contributed by atoms with Crippen molar-refractivity contribution in [3.05, 3.63) is 223 Å². The van der Waals surface area contributed by atoms with E-state index in [9.17, 15) is 0 Å². The van der Waals surface area contributed by atoms with E-state index in [2.05, 4.69) is 228 Å². The maximum absolute atomic E-state index is 5.31. The lowest BCUT2D eigenvalue weighted by molar-refractivity contribution is 0.953. The van der Waals surface area contributed by atoms with Crippen molar-refractivity contribution in [3.8, 4) is 40.2 Å². The second-order valence-corrected chi connectivity index (χ2v) is 16.8. The molecule has 0 N–H and O–H groups in total. The molecule has 8 aromatic carbocycles. The van der Waals surface area contributed by atoms with Gasteiger partial charge in [0.1, 0.15) is 17.5 Å². The Morgan fingerprint density at radius 2 is 0.530 bits per heavy atom. The zero-order valence-corrected chi connectivity index (χ0v) is 36.8. The van der Waals surface area contributed by atoms with Crippen molar-refractivity contribution in [1.82, 2.24) is 33.6 Å². The van der Waals surface area contributed by atoms with Crippen LogP contribution in [0.3, 0.4) is 0 Å². The summed E-state index contributed by atoms with van der Waals surface area (Å²) in [4.78, 5) is 20.9. The first-order valence-corrected chi connectivity index (χ1v) is 22.3. The maximum Gasteiger partial charge on any atom is 0.201 e. The summed E-state index contributed by atoms with van der Waals surface area (Å²) in [7, 11) is 0. The predicted octanol–water partition coefficient (Wildman–Crippen LogP) is 14.5. The highest BCUT2D eigenvalue weighted by molar-refractivity contribution is 6.11. The molecule has 0 aliphatic heterocycles. The predicted molar refractivity (Wildman–Crippen MR) is 272 cm³/mol. The summed E-state index contributed by atoms with van der Waals surface area (Å²) in [5.41, 5.74) is 12.6. The summed E-state index contributed by atoms with van der Waals surface area (Å²) < 4.78 is 6.68. The Balaban J connectivity index is 0.000000279. The molecule has 0 radical (unpaired) electrons. The van der Waals surface area contributed by atoms with Gasteiger partial charge >= 0.3 is 0 Å². The number of rotatable bonds is 5. The quantitative estimate of drug-likeness (QED) is 0.173. The van der Waals surface area contributed by atoms with Gasteiger partial charge < -0.3 is 0 Å². The van der Waals surface area contributed by atoms with Crippen LogP contribution in [0.5, 0.6) is 0 Å². The van der Waals surface area contributed by atoms with Crippen molar-refractivity contribution in [2.45, 2.75) is 20.8 Å². The number of hydrogen-bond acceptors (Lipinski definition) is 4. The van der Waals surface area contributed by atoms with Crippen molar-refractivity contribution < 1.29 is 0 Å². The van der Waals surface area contributed by atoms with Crippen molar-refractivity contribution in [3.63, 3.8) is 0 Å². The normalized spacial score (nSPS) is 11.6. The van der Waals surface area contributed by atoms with Crippen LogP contribution in [0, 0.1) is 20.8 Å². The van der Waals surface area contributed by atoms with Crippen molar-refractivity contribution in [2.24, 2.45) is 0 Å². The average molecular weight is 850 g/mol. The molecule has 66 heavy (non-hydrogen) atoms. The van der Waals surface area contributed by atoms with Crippen LogP contribution in [0.4, 0.5) is 0 Å². The van der Waals surface area contributed by atoms with Gasteiger partial charge in [-0.05, 0) is 79.4 Å². The molecule has 0 atom stereocenters. The average Bonchev–Trinajstić information content (AvgIpc) is 4.00. The maximum atomic E-state index is 5.31. The van der Waals surface area contributed by atoms with Crippen molar-refractivity contribution in [1.29, 1.82) is 0 Å². The van der Waals surface area contributed by atoms with E-state index in [1.165, 1.54) is 33.0 Å². The molecule has 13 aromatic rings. The van der Waals surface area contributed by atoms with Gasteiger partial charge in [0, 0.05) is 50.1 Å². The SMILES string of the molecule is Cc1cc(-n2c3ccccc3c3ccccc32)nc(-c2nc(-n3c4ccccc4c4ccccc43)cc(-n3c4ccccc4c4ccccc43)n2)n1.Cc1ccccc1-c1ccccc1C. The summed E-state index contributed by atoms with van der Waals surface area (Å²) in [5, 5.41) is 7.01. The fourth-order valence-electron chi connectivity index (χ4n) is 9.78. The van der Waals surface area contributed by atoms with E-state index < -0.39 is 0 Å². The lowest BCUT2D eigenvalue weighted by Crippen LogP contribution is -2.09. The minimum Gasteiger partial charge on any atom is -0.294 e. The molecule has 5 heterocycles. The first-order valence-electron chi connectivity index (χ1n) is 22.3. The second-order valence-electron chi connectivity index (χ2n) is 16.8. The zero-order chi connectivity index (χ0) is 44.3. The lowest BCUT2D eigenvalue weighted by Gasteiger charge is -2.14. The molecule has 0 spiro atoms. The Bertz CT molecular complexity index is 3670. The van der Waals surface area contributed by atoms with Crippen molar-refractivity contribution in [2.75, 3.05) is 0 Å². The van der Waals surface area contributed by atoms with E-state index in [0.717, 1.165) is 77.8 Å². The molecule has 314 valence electrons. The van der Waals surface area contributed by atoms with E-state index in [1.807, 2.05) is 13.0 Å². The molecule has 0 bridgehead atoms. The van der Waals surface area contributed by atoms with Gasteiger partial charge in [0.05, 0.1) is 33.1 Å². The highest BCUT2D eigenvalue weighted by atomic mass is 15.2. The Hall–Kier alpha value is -8.68. The zero-order valence-electron chi connectivity index (χ0n) is 36.8. The van der Waals surface area contributed by atoms with E-state index in [1.54, 1.807) is 0 Å². The summed E-state index contributed by atoms with van der Waals surface area (Å²) in [6.45, 7) is 6.32. The molecule has 0 saturated carbocycles. The molecular weight excluding hydrogens is 807 g/mol.